The molecule has 1 aliphatic heterocycles. The van der Waals surface area contributed by atoms with Gasteiger partial charge in [-0.1, -0.05) is 30.7 Å². The maximum Gasteiger partial charge on any atom is 0.0476 e. The van der Waals surface area contributed by atoms with E-state index >= 15 is 0 Å². The molecule has 0 N–H and O–H groups in total. The predicted molar refractivity (Wildman–Crippen MR) is 64.4 cm³/mol. The van der Waals surface area contributed by atoms with Gasteiger partial charge in [-0.3, -0.25) is 5.01 Å². The number of aryl methyl sites for hydroxylation is 2. The first-order valence-corrected chi connectivity index (χ1v) is 5.54. The molecule has 80 valence electrons. The van der Waals surface area contributed by atoms with Crippen LogP contribution in [0.2, 0.25) is 0 Å². The van der Waals surface area contributed by atoms with Crippen LogP contribution in [-0.4, -0.2) is 24.8 Å². The molecule has 0 spiro atoms. The van der Waals surface area contributed by atoms with Crippen LogP contribution in [0.4, 0.5) is 0 Å². The van der Waals surface area contributed by atoms with Crippen molar-refractivity contribution in [1.29, 1.82) is 0 Å². The maximum atomic E-state index is 4.29. The Bertz CT molecular complexity index is 382. The van der Waals surface area contributed by atoms with Gasteiger partial charge in [0, 0.05) is 25.7 Å². The molecule has 15 heavy (non-hydrogen) atoms. The number of hydrazone groups is 1. The van der Waals surface area contributed by atoms with E-state index in [-0.39, 0.29) is 0 Å². The molecule has 0 bridgehead atoms. The van der Waals surface area contributed by atoms with Crippen molar-refractivity contribution in [3.05, 3.63) is 34.9 Å². The molecule has 0 aromatic heterocycles. The van der Waals surface area contributed by atoms with Gasteiger partial charge >= 0.3 is 0 Å². The standard InChI is InChI=1S/C13H18N2/c1-4-11-5-10(2)6-12(7-11)13-8-14-15(3)9-13/h5-8,13H,4,9H2,1-3H3. The highest BCUT2D eigenvalue weighted by atomic mass is 15.4. The molecular formula is C13H18N2. The molecule has 2 nitrogen and oxygen atoms in total. The minimum absolute atomic E-state index is 0.472. The summed E-state index contributed by atoms with van der Waals surface area (Å²) < 4.78 is 0. The van der Waals surface area contributed by atoms with Gasteiger partial charge in [0.1, 0.15) is 0 Å². The number of likely N-dealkylation sites (N-methyl/N-ethyl adjacent to an activating group) is 1. The van der Waals surface area contributed by atoms with E-state index in [2.05, 4.69) is 37.1 Å². The molecule has 0 fully saturated rings. The zero-order valence-corrected chi connectivity index (χ0v) is 9.70. The molecular weight excluding hydrogens is 184 g/mol. The number of benzene rings is 1. The first-order valence-electron chi connectivity index (χ1n) is 5.54. The second-order valence-electron chi connectivity index (χ2n) is 4.32. The van der Waals surface area contributed by atoms with Crippen molar-refractivity contribution >= 4 is 6.21 Å². The summed E-state index contributed by atoms with van der Waals surface area (Å²) in [5.74, 6) is 0.472. The van der Waals surface area contributed by atoms with Crippen LogP contribution in [0.1, 0.15) is 29.5 Å². The van der Waals surface area contributed by atoms with Crippen LogP contribution < -0.4 is 0 Å². The van der Waals surface area contributed by atoms with E-state index in [4.69, 9.17) is 0 Å². The molecule has 2 heteroatoms. The first kappa shape index (κ1) is 10.2. The van der Waals surface area contributed by atoms with Crippen LogP contribution >= 0.6 is 0 Å². The monoisotopic (exact) mass is 202 g/mol. The highest BCUT2D eigenvalue weighted by molar-refractivity contribution is 5.70. The Kier molecular flexibility index (Phi) is 2.76. The summed E-state index contributed by atoms with van der Waals surface area (Å²) in [6.07, 6.45) is 3.16. The highest BCUT2D eigenvalue weighted by Gasteiger charge is 2.16. The number of nitrogens with zero attached hydrogens (tertiary/aromatic N) is 2. The van der Waals surface area contributed by atoms with Crippen LogP contribution in [0, 0.1) is 6.92 Å². The Labute approximate surface area is 91.6 Å². The number of hydrogen-bond donors (Lipinski definition) is 0. The predicted octanol–water partition coefficient (Wildman–Crippen LogP) is 2.57. The van der Waals surface area contributed by atoms with E-state index in [1.165, 1.54) is 16.7 Å². The lowest BCUT2D eigenvalue weighted by atomic mass is 9.96. The Hall–Kier alpha value is -1.31. The second-order valence-corrected chi connectivity index (χ2v) is 4.32. The van der Waals surface area contributed by atoms with Gasteiger partial charge < -0.3 is 0 Å². The van der Waals surface area contributed by atoms with Crippen molar-refractivity contribution in [2.75, 3.05) is 13.6 Å². The number of hydrogen-bond acceptors (Lipinski definition) is 2. The highest BCUT2D eigenvalue weighted by Crippen LogP contribution is 2.22. The molecule has 0 amide bonds. The third-order valence-corrected chi connectivity index (χ3v) is 2.90. The smallest absolute Gasteiger partial charge is 0.0476 e. The third-order valence-electron chi connectivity index (χ3n) is 2.90. The van der Waals surface area contributed by atoms with Crippen LogP contribution in [0.3, 0.4) is 0 Å². The van der Waals surface area contributed by atoms with Crippen molar-refractivity contribution in [2.24, 2.45) is 5.10 Å². The van der Waals surface area contributed by atoms with Crippen LogP contribution in [0.15, 0.2) is 23.3 Å². The topological polar surface area (TPSA) is 15.6 Å². The lowest BCUT2D eigenvalue weighted by molar-refractivity contribution is 0.381. The normalized spacial score (nSPS) is 19.9. The maximum absolute atomic E-state index is 4.29. The van der Waals surface area contributed by atoms with Crippen LogP contribution in [0.25, 0.3) is 0 Å². The van der Waals surface area contributed by atoms with E-state index in [0.717, 1.165) is 13.0 Å². The van der Waals surface area contributed by atoms with E-state index in [1.54, 1.807) is 0 Å². The summed E-state index contributed by atoms with van der Waals surface area (Å²) in [5.41, 5.74) is 4.18. The summed E-state index contributed by atoms with van der Waals surface area (Å²) in [5, 5.41) is 6.29. The quantitative estimate of drug-likeness (QED) is 0.719. The zero-order valence-electron chi connectivity index (χ0n) is 9.70. The average molecular weight is 202 g/mol. The SMILES string of the molecule is CCc1cc(C)cc(C2C=NN(C)C2)c1. The second kappa shape index (κ2) is 4.05. The van der Waals surface area contributed by atoms with Gasteiger partial charge in [-0.15, -0.1) is 0 Å². The first-order chi connectivity index (χ1) is 7.19. The van der Waals surface area contributed by atoms with Gasteiger partial charge in [-0.2, -0.15) is 5.10 Å². The molecule has 0 radical (unpaired) electrons. The minimum Gasteiger partial charge on any atom is -0.299 e. The third kappa shape index (κ3) is 2.20. The van der Waals surface area contributed by atoms with Gasteiger partial charge in [0.05, 0.1) is 0 Å². The summed E-state index contributed by atoms with van der Waals surface area (Å²) in [6.45, 7) is 5.37. The summed E-state index contributed by atoms with van der Waals surface area (Å²) in [4.78, 5) is 0. The van der Waals surface area contributed by atoms with Gasteiger partial charge in [0.2, 0.25) is 0 Å². The molecule has 1 aromatic rings. The summed E-state index contributed by atoms with van der Waals surface area (Å²) in [7, 11) is 2.02. The van der Waals surface area contributed by atoms with E-state index in [1.807, 2.05) is 18.3 Å². The van der Waals surface area contributed by atoms with Crippen molar-refractivity contribution < 1.29 is 0 Å². The fraction of sp³-hybridized carbons (Fsp3) is 0.462. The zero-order chi connectivity index (χ0) is 10.8. The minimum atomic E-state index is 0.472. The Balaban J connectivity index is 2.28. The summed E-state index contributed by atoms with van der Waals surface area (Å²) >= 11 is 0. The van der Waals surface area contributed by atoms with Gasteiger partial charge in [0.25, 0.3) is 0 Å². The van der Waals surface area contributed by atoms with Crippen molar-refractivity contribution in [3.63, 3.8) is 0 Å². The Morgan fingerprint density at radius 3 is 2.80 bits per heavy atom. The Morgan fingerprint density at radius 1 is 1.40 bits per heavy atom. The van der Waals surface area contributed by atoms with Gasteiger partial charge in [-0.25, -0.2) is 0 Å². The van der Waals surface area contributed by atoms with Gasteiger partial charge in [-0.05, 0) is 24.5 Å². The van der Waals surface area contributed by atoms with Crippen LogP contribution in [-0.2, 0) is 6.42 Å². The molecule has 0 saturated carbocycles. The fourth-order valence-electron chi connectivity index (χ4n) is 2.08. The van der Waals surface area contributed by atoms with E-state index in [0.29, 0.717) is 5.92 Å². The lowest BCUT2D eigenvalue weighted by Gasteiger charge is -2.12. The molecule has 2 rings (SSSR count). The van der Waals surface area contributed by atoms with Crippen molar-refractivity contribution in [2.45, 2.75) is 26.2 Å². The van der Waals surface area contributed by atoms with Crippen molar-refractivity contribution in [1.82, 2.24) is 5.01 Å². The molecule has 1 aliphatic rings. The summed E-state index contributed by atoms with van der Waals surface area (Å²) in [6, 6.07) is 6.84. The average Bonchev–Trinajstić information content (AvgIpc) is 2.64. The van der Waals surface area contributed by atoms with E-state index < -0.39 is 0 Å². The molecule has 1 aromatic carbocycles. The molecule has 1 heterocycles. The molecule has 1 atom stereocenters. The van der Waals surface area contributed by atoms with E-state index in [9.17, 15) is 0 Å². The number of rotatable bonds is 2. The molecule has 0 saturated heterocycles. The lowest BCUT2D eigenvalue weighted by Crippen LogP contribution is -2.12. The van der Waals surface area contributed by atoms with Crippen LogP contribution in [0.5, 0.6) is 0 Å². The Morgan fingerprint density at radius 2 is 2.20 bits per heavy atom. The molecule has 1 unspecified atom stereocenters. The molecule has 0 aliphatic carbocycles. The van der Waals surface area contributed by atoms with Crippen molar-refractivity contribution in [3.8, 4) is 0 Å². The largest absolute Gasteiger partial charge is 0.299 e. The van der Waals surface area contributed by atoms with Gasteiger partial charge in [0.15, 0.2) is 0 Å². The fourth-order valence-corrected chi connectivity index (χ4v) is 2.08.